The van der Waals surface area contributed by atoms with Gasteiger partial charge in [0, 0.05) is 10.7 Å². The Kier molecular flexibility index (Phi) is 5.59. The average molecular weight is 412 g/mol. The van der Waals surface area contributed by atoms with Gasteiger partial charge in [-0.25, -0.2) is 4.79 Å². The van der Waals surface area contributed by atoms with Crippen molar-refractivity contribution in [1.82, 2.24) is 0 Å². The van der Waals surface area contributed by atoms with E-state index in [0.717, 1.165) is 11.8 Å². The predicted octanol–water partition coefficient (Wildman–Crippen LogP) is 3.39. The van der Waals surface area contributed by atoms with Gasteiger partial charge >= 0.3 is 6.09 Å². The summed E-state index contributed by atoms with van der Waals surface area (Å²) < 4.78 is 38.3. The number of anilines is 1. The molecule has 0 unspecified atom stereocenters. The van der Waals surface area contributed by atoms with Crippen molar-refractivity contribution in [1.29, 1.82) is 0 Å². The Morgan fingerprint density at radius 3 is 2.52 bits per heavy atom. The van der Waals surface area contributed by atoms with Gasteiger partial charge in [-0.2, -0.15) is 8.42 Å². The highest BCUT2D eigenvalue weighted by Gasteiger charge is 2.44. The van der Waals surface area contributed by atoms with Gasteiger partial charge in [0.2, 0.25) is 0 Å². The molecule has 2 atom stereocenters. The van der Waals surface area contributed by atoms with E-state index < -0.39 is 28.4 Å². The molecule has 0 N–H and O–H groups in total. The predicted molar refractivity (Wildman–Crippen MR) is 101 cm³/mol. The Bertz CT molecular complexity index is 931. The first-order valence-corrected chi connectivity index (χ1v) is 10.2. The number of carbonyl (C=O) groups excluding carboxylic acids is 1. The van der Waals surface area contributed by atoms with Crippen molar-refractivity contribution in [2.24, 2.45) is 0 Å². The van der Waals surface area contributed by atoms with E-state index in [-0.39, 0.29) is 6.61 Å². The monoisotopic (exact) mass is 411 g/mol. The summed E-state index contributed by atoms with van der Waals surface area (Å²) in [5.74, 6) is 0.602. The van der Waals surface area contributed by atoms with Gasteiger partial charge in [-0.15, -0.1) is 0 Å². The van der Waals surface area contributed by atoms with Crippen molar-refractivity contribution in [2.45, 2.75) is 12.1 Å². The molecule has 0 bridgehead atoms. The van der Waals surface area contributed by atoms with E-state index in [1.807, 2.05) is 6.07 Å². The number of halogens is 1. The summed E-state index contributed by atoms with van der Waals surface area (Å²) in [5.41, 5.74) is 1.29. The molecule has 3 rings (SSSR count). The second-order valence-corrected chi connectivity index (χ2v) is 8.06. The van der Waals surface area contributed by atoms with Crippen LogP contribution in [-0.4, -0.2) is 40.6 Å². The van der Waals surface area contributed by atoms with E-state index in [0.29, 0.717) is 16.5 Å². The van der Waals surface area contributed by atoms with Gasteiger partial charge < -0.3 is 9.47 Å². The summed E-state index contributed by atoms with van der Waals surface area (Å²) in [4.78, 5) is 14.0. The highest BCUT2D eigenvalue weighted by molar-refractivity contribution is 7.85. The number of cyclic esters (lactones) is 1. The molecular formula is C18H18ClNO6S. The molecule has 0 spiro atoms. The van der Waals surface area contributed by atoms with E-state index in [1.165, 1.54) is 12.0 Å². The van der Waals surface area contributed by atoms with Gasteiger partial charge in [0.05, 0.1) is 13.4 Å². The third kappa shape index (κ3) is 4.52. The van der Waals surface area contributed by atoms with Crippen molar-refractivity contribution in [2.75, 3.05) is 24.9 Å². The fourth-order valence-electron chi connectivity index (χ4n) is 2.90. The number of ether oxygens (including phenoxy) is 2. The van der Waals surface area contributed by atoms with Crippen LogP contribution in [0.15, 0.2) is 48.5 Å². The molecule has 0 aromatic heterocycles. The number of methoxy groups -OCH3 is 1. The molecule has 1 fully saturated rings. The van der Waals surface area contributed by atoms with Gasteiger partial charge in [0.15, 0.2) is 6.10 Å². The Morgan fingerprint density at radius 2 is 1.89 bits per heavy atom. The lowest BCUT2D eigenvalue weighted by Crippen LogP contribution is -2.31. The largest absolute Gasteiger partial charge is 0.497 e. The average Bonchev–Trinajstić information content (AvgIpc) is 2.96. The van der Waals surface area contributed by atoms with Gasteiger partial charge in [0.1, 0.15) is 18.4 Å². The van der Waals surface area contributed by atoms with Crippen molar-refractivity contribution >= 4 is 33.5 Å². The first-order valence-electron chi connectivity index (χ1n) is 8.02. The summed E-state index contributed by atoms with van der Waals surface area (Å²) in [6.07, 6.45) is -0.483. The summed E-state index contributed by atoms with van der Waals surface area (Å²) in [5, 5.41) is 0.529. The molecule has 1 amide bonds. The van der Waals surface area contributed by atoms with Crippen molar-refractivity contribution in [3.05, 3.63) is 59.1 Å². The van der Waals surface area contributed by atoms with Crippen molar-refractivity contribution < 1.29 is 26.9 Å². The molecule has 1 saturated heterocycles. The zero-order valence-corrected chi connectivity index (χ0v) is 16.2. The fourth-order valence-corrected chi connectivity index (χ4v) is 3.41. The fraction of sp³-hybridized carbons (Fsp3) is 0.278. The molecule has 1 aliphatic heterocycles. The quantitative estimate of drug-likeness (QED) is 0.677. The minimum absolute atomic E-state index is 0.295. The maximum Gasteiger partial charge on any atom is 0.415 e. The Hall–Kier alpha value is -2.29. The van der Waals surface area contributed by atoms with Gasteiger partial charge in [-0.3, -0.25) is 9.08 Å². The van der Waals surface area contributed by atoms with Crippen LogP contribution in [0.5, 0.6) is 5.75 Å². The van der Waals surface area contributed by atoms with E-state index in [1.54, 1.807) is 42.5 Å². The third-order valence-electron chi connectivity index (χ3n) is 4.07. The Balaban J connectivity index is 2.01. The van der Waals surface area contributed by atoms with E-state index in [4.69, 9.17) is 25.3 Å². The number of hydrogen-bond donors (Lipinski definition) is 0. The zero-order valence-electron chi connectivity index (χ0n) is 14.7. The SMILES string of the molecule is COc1cccc([C@H]2[C@H](COS(C)(=O)=O)OC(=O)N2c2ccc(Cl)cc2)c1. The number of rotatable bonds is 6. The smallest absolute Gasteiger partial charge is 0.415 e. The van der Waals surface area contributed by atoms with Crippen LogP contribution in [0.4, 0.5) is 10.5 Å². The van der Waals surface area contributed by atoms with Crippen LogP contribution in [0.2, 0.25) is 5.02 Å². The number of carbonyl (C=O) groups is 1. The first-order chi connectivity index (χ1) is 12.8. The maximum absolute atomic E-state index is 12.6. The molecule has 0 aliphatic carbocycles. The molecule has 1 aliphatic rings. The molecule has 7 nitrogen and oxygen atoms in total. The molecular weight excluding hydrogens is 394 g/mol. The summed E-state index contributed by atoms with van der Waals surface area (Å²) in [6, 6.07) is 13.2. The molecule has 2 aromatic rings. The molecule has 1 heterocycles. The number of benzene rings is 2. The molecule has 144 valence electrons. The van der Waals surface area contributed by atoms with Gasteiger partial charge in [0.25, 0.3) is 10.1 Å². The number of nitrogens with zero attached hydrogens (tertiary/aromatic N) is 1. The van der Waals surface area contributed by atoms with Crippen molar-refractivity contribution in [3.8, 4) is 5.75 Å². The molecule has 9 heteroatoms. The van der Waals surface area contributed by atoms with Crippen LogP contribution in [-0.2, 0) is 19.0 Å². The van der Waals surface area contributed by atoms with Crippen LogP contribution in [0.1, 0.15) is 11.6 Å². The Labute approximate surface area is 162 Å². The molecule has 0 radical (unpaired) electrons. The highest BCUT2D eigenvalue weighted by Crippen LogP contribution is 2.39. The minimum atomic E-state index is -3.69. The third-order valence-corrected chi connectivity index (χ3v) is 4.88. The summed E-state index contributed by atoms with van der Waals surface area (Å²) >= 11 is 5.94. The number of hydrogen-bond acceptors (Lipinski definition) is 6. The second-order valence-electron chi connectivity index (χ2n) is 5.98. The van der Waals surface area contributed by atoms with E-state index >= 15 is 0 Å². The van der Waals surface area contributed by atoms with Crippen LogP contribution in [0.3, 0.4) is 0 Å². The highest BCUT2D eigenvalue weighted by atomic mass is 35.5. The normalized spacial score (nSPS) is 19.8. The van der Waals surface area contributed by atoms with E-state index in [2.05, 4.69) is 0 Å². The van der Waals surface area contributed by atoms with Crippen LogP contribution in [0, 0.1) is 0 Å². The van der Waals surface area contributed by atoms with Gasteiger partial charge in [-0.05, 0) is 42.0 Å². The standard InChI is InChI=1S/C18H18ClNO6S/c1-24-15-5-3-4-12(10-15)17-16(11-25-27(2,22)23)26-18(21)20(17)14-8-6-13(19)7-9-14/h3-10,16-17H,11H2,1-2H3/t16-,17-/m0/s1. The van der Waals surface area contributed by atoms with Crippen LogP contribution >= 0.6 is 11.6 Å². The summed E-state index contributed by atoms with van der Waals surface area (Å²) in [7, 11) is -2.15. The van der Waals surface area contributed by atoms with Crippen LogP contribution in [0.25, 0.3) is 0 Å². The lowest BCUT2D eigenvalue weighted by Gasteiger charge is -2.25. The lowest BCUT2D eigenvalue weighted by atomic mass is 10.00. The molecule has 0 saturated carbocycles. The minimum Gasteiger partial charge on any atom is -0.497 e. The van der Waals surface area contributed by atoms with Gasteiger partial charge in [-0.1, -0.05) is 23.7 Å². The lowest BCUT2D eigenvalue weighted by molar-refractivity contribution is 0.0943. The van der Waals surface area contributed by atoms with Crippen LogP contribution < -0.4 is 9.64 Å². The summed E-state index contributed by atoms with van der Waals surface area (Å²) in [6.45, 7) is -0.295. The molecule has 2 aromatic carbocycles. The first kappa shape index (κ1) is 19.5. The second kappa shape index (κ2) is 7.75. The number of amides is 1. The van der Waals surface area contributed by atoms with Crippen molar-refractivity contribution in [3.63, 3.8) is 0 Å². The topological polar surface area (TPSA) is 82.1 Å². The zero-order chi connectivity index (χ0) is 19.6. The molecule has 27 heavy (non-hydrogen) atoms. The maximum atomic E-state index is 12.6. The van der Waals surface area contributed by atoms with E-state index in [9.17, 15) is 13.2 Å². The Morgan fingerprint density at radius 1 is 1.19 bits per heavy atom.